The van der Waals surface area contributed by atoms with E-state index in [4.69, 9.17) is 14.7 Å². The summed E-state index contributed by atoms with van der Waals surface area (Å²) in [5, 5.41) is 11.7. The van der Waals surface area contributed by atoms with Crippen molar-refractivity contribution >= 4 is 0 Å². The standard InChI is InChI=1S/C9H18N2O2/c1-8(4-10)5-11-6-9(13-3)7-12-2/h8-9,11H,5-7H2,1-3H3. The normalized spacial score (nSPS) is 14.9. The maximum absolute atomic E-state index is 8.51. The molecule has 0 saturated carbocycles. The van der Waals surface area contributed by atoms with E-state index in [0.29, 0.717) is 13.2 Å². The second-order valence-electron chi connectivity index (χ2n) is 3.00. The second-order valence-corrected chi connectivity index (χ2v) is 3.00. The van der Waals surface area contributed by atoms with Gasteiger partial charge < -0.3 is 14.8 Å². The highest BCUT2D eigenvalue weighted by Gasteiger charge is 2.06. The van der Waals surface area contributed by atoms with E-state index in [0.717, 1.165) is 6.54 Å². The molecule has 0 aliphatic carbocycles. The van der Waals surface area contributed by atoms with E-state index in [1.807, 2.05) is 6.92 Å². The molecule has 0 saturated heterocycles. The fraction of sp³-hybridized carbons (Fsp3) is 0.889. The van der Waals surface area contributed by atoms with Gasteiger partial charge >= 0.3 is 0 Å². The van der Waals surface area contributed by atoms with Crippen molar-refractivity contribution in [3.05, 3.63) is 0 Å². The summed E-state index contributed by atoms with van der Waals surface area (Å²) in [5.41, 5.74) is 0. The van der Waals surface area contributed by atoms with Crippen LogP contribution in [0.1, 0.15) is 6.92 Å². The van der Waals surface area contributed by atoms with E-state index in [-0.39, 0.29) is 12.0 Å². The van der Waals surface area contributed by atoms with Crippen LogP contribution < -0.4 is 5.32 Å². The van der Waals surface area contributed by atoms with Crippen molar-refractivity contribution in [2.24, 2.45) is 5.92 Å². The Hall–Kier alpha value is -0.630. The van der Waals surface area contributed by atoms with Crippen molar-refractivity contribution in [3.63, 3.8) is 0 Å². The van der Waals surface area contributed by atoms with Crippen LogP contribution in [0, 0.1) is 17.2 Å². The van der Waals surface area contributed by atoms with Crippen LogP contribution in [0.25, 0.3) is 0 Å². The predicted octanol–water partition coefficient (Wildman–Crippen LogP) is 0.397. The molecule has 2 atom stereocenters. The maximum Gasteiger partial charge on any atom is 0.0928 e. The van der Waals surface area contributed by atoms with Crippen molar-refractivity contribution in [2.75, 3.05) is 33.9 Å². The van der Waals surface area contributed by atoms with Gasteiger partial charge in [-0.25, -0.2) is 0 Å². The average molecular weight is 186 g/mol. The molecule has 1 N–H and O–H groups in total. The number of nitrogens with zero attached hydrogens (tertiary/aromatic N) is 1. The Balaban J connectivity index is 3.44. The van der Waals surface area contributed by atoms with E-state index < -0.39 is 0 Å². The van der Waals surface area contributed by atoms with Crippen molar-refractivity contribution < 1.29 is 9.47 Å². The Morgan fingerprint density at radius 2 is 2.08 bits per heavy atom. The largest absolute Gasteiger partial charge is 0.382 e. The molecule has 0 fully saturated rings. The number of hydrogen-bond acceptors (Lipinski definition) is 4. The first kappa shape index (κ1) is 12.4. The first-order chi connectivity index (χ1) is 6.24. The zero-order valence-electron chi connectivity index (χ0n) is 8.54. The van der Waals surface area contributed by atoms with Gasteiger partial charge in [-0.3, -0.25) is 0 Å². The Kier molecular flexibility index (Phi) is 7.60. The van der Waals surface area contributed by atoms with Crippen LogP contribution in [0.5, 0.6) is 0 Å². The van der Waals surface area contributed by atoms with Gasteiger partial charge in [-0.1, -0.05) is 0 Å². The Bertz CT molecular complexity index is 156. The Labute approximate surface area is 79.8 Å². The van der Waals surface area contributed by atoms with E-state index in [1.54, 1.807) is 14.2 Å². The zero-order valence-corrected chi connectivity index (χ0v) is 8.54. The molecule has 0 aromatic heterocycles. The summed E-state index contributed by atoms with van der Waals surface area (Å²) in [7, 11) is 3.29. The SMILES string of the molecule is COCC(CNCC(C)C#N)OC. The van der Waals surface area contributed by atoms with Gasteiger partial charge in [0.25, 0.3) is 0 Å². The van der Waals surface area contributed by atoms with Gasteiger partial charge in [-0.05, 0) is 6.92 Å². The number of nitrogens with one attached hydrogen (secondary N) is 1. The molecule has 0 amide bonds. The molecule has 0 radical (unpaired) electrons. The molecule has 13 heavy (non-hydrogen) atoms. The van der Waals surface area contributed by atoms with Crippen LogP contribution in [0.2, 0.25) is 0 Å². The summed E-state index contributed by atoms with van der Waals surface area (Å²) in [4.78, 5) is 0. The smallest absolute Gasteiger partial charge is 0.0928 e. The molecule has 76 valence electrons. The summed E-state index contributed by atoms with van der Waals surface area (Å²) in [6.45, 7) is 3.87. The van der Waals surface area contributed by atoms with Crippen LogP contribution in [-0.4, -0.2) is 40.0 Å². The number of nitriles is 1. The molecule has 4 heteroatoms. The molecule has 2 unspecified atom stereocenters. The van der Waals surface area contributed by atoms with Crippen molar-refractivity contribution in [3.8, 4) is 6.07 Å². The Morgan fingerprint density at radius 3 is 2.54 bits per heavy atom. The number of rotatable bonds is 7. The highest BCUT2D eigenvalue weighted by atomic mass is 16.5. The molecular formula is C9H18N2O2. The second kappa shape index (κ2) is 7.99. The summed E-state index contributed by atoms with van der Waals surface area (Å²) in [6.07, 6.45) is 0.0656. The van der Waals surface area contributed by atoms with Crippen LogP contribution in [0.4, 0.5) is 0 Å². The third-order valence-corrected chi connectivity index (χ3v) is 1.73. The first-order valence-corrected chi connectivity index (χ1v) is 4.36. The quantitative estimate of drug-likeness (QED) is 0.625. The minimum absolute atomic E-state index is 0.0417. The molecule has 0 aromatic carbocycles. The van der Waals surface area contributed by atoms with Gasteiger partial charge in [0.05, 0.1) is 24.7 Å². The fourth-order valence-electron chi connectivity index (χ4n) is 0.903. The highest BCUT2D eigenvalue weighted by Crippen LogP contribution is 1.91. The van der Waals surface area contributed by atoms with Crippen LogP contribution >= 0.6 is 0 Å². The molecule has 0 heterocycles. The van der Waals surface area contributed by atoms with E-state index >= 15 is 0 Å². The lowest BCUT2D eigenvalue weighted by Gasteiger charge is -2.15. The third-order valence-electron chi connectivity index (χ3n) is 1.73. The van der Waals surface area contributed by atoms with Crippen LogP contribution in [0.15, 0.2) is 0 Å². The van der Waals surface area contributed by atoms with Crippen LogP contribution in [-0.2, 0) is 9.47 Å². The topological polar surface area (TPSA) is 54.3 Å². The summed E-state index contributed by atoms with van der Waals surface area (Å²) < 4.78 is 10.1. The number of hydrogen-bond donors (Lipinski definition) is 1. The molecule has 0 aromatic rings. The van der Waals surface area contributed by atoms with E-state index in [2.05, 4.69) is 11.4 Å². The third kappa shape index (κ3) is 6.52. The van der Waals surface area contributed by atoms with Crippen molar-refractivity contribution in [2.45, 2.75) is 13.0 Å². The minimum atomic E-state index is 0.0417. The predicted molar refractivity (Wildman–Crippen MR) is 50.3 cm³/mol. The first-order valence-electron chi connectivity index (χ1n) is 4.36. The van der Waals surface area contributed by atoms with Gasteiger partial charge in [0, 0.05) is 27.3 Å². The lowest BCUT2D eigenvalue weighted by molar-refractivity contribution is 0.0288. The molecule has 0 rings (SSSR count). The molecule has 0 spiro atoms. The average Bonchev–Trinajstić information content (AvgIpc) is 2.16. The van der Waals surface area contributed by atoms with E-state index in [1.165, 1.54) is 0 Å². The van der Waals surface area contributed by atoms with Crippen molar-refractivity contribution in [1.82, 2.24) is 5.32 Å². The molecule has 0 aliphatic heterocycles. The fourth-order valence-corrected chi connectivity index (χ4v) is 0.903. The maximum atomic E-state index is 8.51. The van der Waals surface area contributed by atoms with Gasteiger partial charge in [-0.15, -0.1) is 0 Å². The highest BCUT2D eigenvalue weighted by molar-refractivity contribution is 4.80. The molecule has 0 bridgehead atoms. The molecule has 0 aliphatic rings. The van der Waals surface area contributed by atoms with Crippen LogP contribution in [0.3, 0.4) is 0 Å². The minimum Gasteiger partial charge on any atom is -0.382 e. The molecule has 4 nitrogen and oxygen atoms in total. The van der Waals surface area contributed by atoms with Gasteiger partial charge in [0.15, 0.2) is 0 Å². The monoisotopic (exact) mass is 186 g/mol. The Morgan fingerprint density at radius 1 is 1.38 bits per heavy atom. The number of ether oxygens (including phenoxy) is 2. The summed E-state index contributed by atoms with van der Waals surface area (Å²) in [5.74, 6) is 0.0417. The number of methoxy groups -OCH3 is 2. The summed E-state index contributed by atoms with van der Waals surface area (Å²) >= 11 is 0. The zero-order chi connectivity index (χ0) is 10.1. The lowest BCUT2D eigenvalue weighted by Crippen LogP contribution is -2.33. The molecular weight excluding hydrogens is 168 g/mol. The van der Waals surface area contributed by atoms with Gasteiger partial charge in [0.1, 0.15) is 0 Å². The summed E-state index contributed by atoms with van der Waals surface area (Å²) in [6, 6.07) is 2.15. The van der Waals surface area contributed by atoms with E-state index in [9.17, 15) is 0 Å². The lowest BCUT2D eigenvalue weighted by atomic mass is 10.2. The van der Waals surface area contributed by atoms with Crippen molar-refractivity contribution in [1.29, 1.82) is 5.26 Å². The van der Waals surface area contributed by atoms with Gasteiger partial charge in [0.2, 0.25) is 0 Å². The van der Waals surface area contributed by atoms with Gasteiger partial charge in [-0.2, -0.15) is 5.26 Å².